The number of aromatic nitrogens is 8. The number of aryl methyl sites for hydroxylation is 2. The molecule has 0 aliphatic carbocycles. The summed E-state index contributed by atoms with van der Waals surface area (Å²) in [4.78, 5) is 33.4. The molecule has 0 amide bonds. The van der Waals surface area contributed by atoms with Gasteiger partial charge in [0.1, 0.15) is 11.3 Å². The van der Waals surface area contributed by atoms with Crippen LogP contribution < -0.4 is 17.0 Å². The SMILES string of the molecule is CCCn1c(=O)c2[nH]c(Cc3nn[nH]n3)nc2n(CCc2ccc(N)cc2)c1=O. The molecule has 150 valence electrons. The maximum atomic E-state index is 13.0. The lowest BCUT2D eigenvalue weighted by molar-refractivity contribution is 0.559. The van der Waals surface area contributed by atoms with E-state index in [0.29, 0.717) is 54.4 Å². The van der Waals surface area contributed by atoms with Crippen LogP contribution in [0.4, 0.5) is 5.69 Å². The fourth-order valence-electron chi connectivity index (χ4n) is 3.25. The summed E-state index contributed by atoms with van der Waals surface area (Å²) in [5, 5.41) is 13.7. The third-order valence-corrected chi connectivity index (χ3v) is 4.68. The van der Waals surface area contributed by atoms with E-state index in [2.05, 4.69) is 30.6 Å². The Morgan fingerprint density at radius 3 is 2.59 bits per heavy atom. The molecule has 0 radical (unpaired) electrons. The van der Waals surface area contributed by atoms with Crippen molar-refractivity contribution in [2.24, 2.45) is 0 Å². The fraction of sp³-hybridized carbons (Fsp3) is 0.333. The summed E-state index contributed by atoms with van der Waals surface area (Å²) in [7, 11) is 0. The maximum Gasteiger partial charge on any atom is 0.332 e. The molecule has 4 N–H and O–H groups in total. The number of nitrogens with one attached hydrogen (secondary N) is 2. The third-order valence-electron chi connectivity index (χ3n) is 4.68. The number of hydrogen-bond donors (Lipinski definition) is 3. The molecule has 0 saturated carbocycles. The van der Waals surface area contributed by atoms with E-state index in [9.17, 15) is 9.59 Å². The Bertz CT molecular complexity index is 1230. The Hall–Kier alpha value is -3.76. The molecule has 4 aromatic rings. The summed E-state index contributed by atoms with van der Waals surface area (Å²) in [6, 6.07) is 7.49. The summed E-state index contributed by atoms with van der Waals surface area (Å²) in [5.74, 6) is 0.932. The van der Waals surface area contributed by atoms with Gasteiger partial charge in [-0.05, 0) is 30.5 Å². The molecule has 4 rings (SSSR count). The number of nitrogens with zero attached hydrogens (tertiary/aromatic N) is 6. The number of tetrazole rings is 1. The molecule has 0 aliphatic heterocycles. The monoisotopic (exact) mass is 395 g/mol. The lowest BCUT2D eigenvalue weighted by atomic mass is 10.1. The standard InChI is InChI=1S/C18H21N9O2/c1-2-8-27-17(28)15-16(21-13(20-15)10-14-22-24-25-23-14)26(18(27)29)9-7-11-3-5-12(19)6-4-11/h3-6H,2,7-10,19H2,1H3,(H,20,21)(H,22,23,24,25). The van der Waals surface area contributed by atoms with E-state index < -0.39 is 0 Å². The van der Waals surface area contributed by atoms with Gasteiger partial charge >= 0.3 is 5.69 Å². The van der Waals surface area contributed by atoms with Crippen LogP contribution in [0.1, 0.15) is 30.6 Å². The highest BCUT2D eigenvalue weighted by Gasteiger charge is 2.18. The van der Waals surface area contributed by atoms with E-state index in [1.54, 1.807) is 4.57 Å². The van der Waals surface area contributed by atoms with Gasteiger partial charge in [0, 0.05) is 18.8 Å². The van der Waals surface area contributed by atoms with Crippen LogP contribution >= 0.6 is 0 Å². The molecule has 0 atom stereocenters. The molecule has 0 unspecified atom stereocenters. The van der Waals surface area contributed by atoms with Crippen LogP contribution in [0.15, 0.2) is 33.9 Å². The zero-order valence-corrected chi connectivity index (χ0v) is 15.9. The van der Waals surface area contributed by atoms with Crippen molar-refractivity contribution in [3.8, 4) is 0 Å². The lowest BCUT2D eigenvalue weighted by Crippen LogP contribution is -2.40. The van der Waals surface area contributed by atoms with E-state index >= 15 is 0 Å². The van der Waals surface area contributed by atoms with Gasteiger partial charge in [-0.1, -0.05) is 24.3 Å². The van der Waals surface area contributed by atoms with Gasteiger partial charge in [-0.2, -0.15) is 5.21 Å². The fourth-order valence-corrected chi connectivity index (χ4v) is 3.25. The quantitative estimate of drug-likeness (QED) is 0.378. The van der Waals surface area contributed by atoms with Crippen molar-refractivity contribution < 1.29 is 0 Å². The molecule has 0 fully saturated rings. The van der Waals surface area contributed by atoms with Gasteiger partial charge in [-0.3, -0.25) is 13.9 Å². The Morgan fingerprint density at radius 1 is 1.10 bits per heavy atom. The molecule has 1 aromatic carbocycles. The zero-order valence-electron chi connectivity index (χ0n) is 15.9. The Labute approximate surface area is 164 Å². The number of aromatic amines is 2. The molecular weight excluding hydrogens is 374 g/mol. The molecule has 29 heavy (non-hydrogen) atoms. The van der Waals surface area contributed by atoms with Gasteiger partial charge in [-0.15, -0.1) is 10.2 Å². The highest BCUT2D eigenvalue weighted by atomic mass is 16.2. The van der Waals surface area contributed by atoms with Crippen molar-refractivity contribution >= 4 is 16.9 Å². The average molecular weight is 395 g/mol. The molecule has 3 heterocycles. The second-order valence-electron chi connectivity index (χ2n) is 6.77. The van der Waals surface area contributed by atoms with Crippen LogP contribution in [0.25, 0.3) is 11.2 Å². The van der Waals surface area contributed by atoms with Crippen LogP contribution in [-0.4, -0.2) is 39.7 Å². The number of imidazole rings is 1. The number of H-pyrrole nitrogens is 2. The second-order valence-corrected chi connectivity index (χ2v) is 6.77. The van der Waals surface area contributed by atoms with E-state index in [0.717, 1.165) is 5.56 Å². The molecule has 11 nitrogen and oxygen atoms in total. The van der Waals surface area contributed by atoms with E-state index in [1.165, 1.54) is 4.57 Å². The number of nitrogen functional groups attached to an aromatic ring is 1. The lowest BCUT2D eigenvalue weighted by Gasteiger charge is -2.11. The predicted molar refractivity (Wildman–Crippen MR) is 106 cm³/mol. The molecule has 3 aromatic heterocycles. The van der Waals surface area contributed by atoms with Gasteiger partial charge in [-0.25, -0.2) is 9.78 Å². The summed E-state index contributed by atoms with van der Waals surface area (Å²) < 4.78 is 2.79. The predicted octanol–water partition coefficient (Wildman–Crippen LogP) is 0.225. The summed E-state index contributed by atoms with van der Waals surface area (Å²) in [6.45, 7) is 2.65. The highest BCUT2D eigenvalue weighted by Crippen LogP contribution is 2.11. The van der Waals surface area contributed by atoms with Gasteiger partial charge in [0.25, 0.3) is 5.56 Å². The number of benzene rings is 1. The minimum Gasteiger partial charge on any atom is -0.399 e. The first-order chi connectivity index (χ1) is 14.1. The first-order valence-electron chi connectivity index (χ1n) is 9.35. The van der Waals surface area contributed by atoms with E-state index in [1.807, 2.05) is 31.2 Å². The minimum atomic E-state index is -0.373. The Morgan fingerprint density at radius 2 is 1.90 bits per heavy atom. The van der Waals surface area contributed by atoms with Crippen molar-refractivity contribution in [3.05, 3.63) is 62.3 Å². The first kappa shape index (κ1) is 18.6. The first-order valence-corrected chi connectivity index (χ1v) is 9.35. The normalized spacial score (nSPS) is 11.3. The maximum absolute atomic E-state index is 13.0. The molecule has 11 heteroatoms. The van der Waals surface area contributed by atoms with Crippen LogP contribution in [-0.2, 0) is 25.9 Å². The Balaban J connectivity index is 1.77. The number of fused-ring (bicyclic) bond motifs is 1. The molecule has 0 aliphatic rings. The van der Waals surface area contributed by atoms with Gasteiger partial charge in [0.15, 0.2) is 11.5 Å². The minimum absolute atomic E-state index is 0.268. The van der Waals surface area contributed by atoms with Crippen LogP contribution in [0.2, 0.25) is 0 Å². The summed E-state index contributed by atoms with van der Waals surface area (Å²) in [5.41, 5.74) is 7.35. The summed E-state index contributed by atoms with van der Waals surface area (Å²) in [6.07, 6.45) is 1.54. The number of rotatable bonds is 7. The molecule has 0 saturated heterocycles. The van der Waals surface area contributed by atoms with Gasteiger partial charge < -0.3 is 10.7 Å². The molecule has 0 bridgehead atoms. The summed E-state index contributed by atoms with van der Waals surface area (Å²) >= 11 is 0. The van der Waals surface area contributed by atoms with Gasteiger partial charge in [0.2, 0.25) is 0 Å². The number of hydrogen-bond acceptors (Lipinski definition) is 7. The van der Waals surface area contributed by atoms with Crippen LogP contribution in [0.5, 0.6) is 0 Å². The van der Waals surface area contributed by atoms with Crippen LogP contribution in [0.3, 0.4) is 0 Å². The highest BCUT2D eigenvalue weighted by molar-refractivity contribution is 5.70. The largest absolute Gasteiger partial charge is 0.399 e. The number of anilines is 1. The second kappa shape index (κ2) is 7.70. The molecule has 0 spiro atoms. The Kier molecular flexibility index (Phi) is 4.94. The third kappa shape index (κ3) is 3.66. The van der Waals surface area contributed by atoms with Crippen LogP contribution in [0, 0.1) is 0 Å². The van der Waals surface area contributed by atoms with Crippen molar-refractivity contribution in [2.45, 2.75) is 39.3 Å². The smallest absolute Gasteiger partial charge is 0.332 e. The van der Waals surface area contributed by atoms with E-state index in [4.69, 9.17) is 5.73 Å². The van der Waals surface area contributed by atoms with Crippen molar-refractivity contribution in [1.29, 1.82) is 0 Å². The van der Waals surface area contributed by atoms with Crippen molar-refractivity contribution in [3.63, 3.8) is 0 Å². The molecular formula is C18H21N9O2. The topological polar surface area (TPSA) is 153 Å². The number of nitrogens with two attached hydrogens (primary N) is 1. The van der Waals surface area contributed by atoms with Gasteiger partial charge in [0.05, 0.1) is 6.42 Å². The average Bonchev–Trinajstić information content (AvgIpc) is 3.37. The zero-order chi connectivity index (χ0) is 20.4. The van der Waals surface area contributed by atoms with E-state index in [-0.39, 0.29) is 17.7 Å². The van der Waals surface area contributed by atoms with Crippen molar-refractivity contribution in [2.75, 3.05) is 5.73 Å². The van der Waals surface area contributed by atoms with Crippen molar-refractivity contribution in [1.82, 2.24) is 39.7 Å².